The van der Waals surface area contributed by atoms with Gasteiger partial charge in [0.05, 0.1) is 21.8 Å². The first-order valence-electron chi connectivity index (χ1n) is 10.8. The number of rotatable bonds is 6. The lowest BCUT2D eigenvalue weighted by molar-refractivity contribution is 0.139. The summed E-state index contributed by atoms with van der Waals surface area (Å²) in [6.07, 6.45) is 0. The molecule has 170 valence electrons. The van der Waals surface area contributed by atoms with Crippen LogP contribution in [0.2, 0.25) is 0 Å². The molecule has 2 heterocycles. The summed E-state index contributed by atoms with van der Waals surface area (Å²) >= 11 is 1.69. The van der Waals surface area contributed by atoms with Crippen molar-refractivity contribution in [2.75, 3.05) is 31.9 Å². The van der Waals surface area contributed by atoms with Crippen LogP contribution in [0.4, 0.5) is 0 Å². The standard InChI is InChI=1S/C23H28N4O3S2/c1-4-31-18-9-11-19(12-10-18)32(29,30)27-15-13-26(14-16-27)17(2)22-24-21-8-6-5-7-20(21)23(28)25(22)3/h5-12,17H,4,13-16H2,1-3H3. The van der Waals surface area contributed by atoms with Crippen molar-refractivity contribution >= 4 is 32.7 Å². The van der Waals surface area contributed by atoms with Crippen LogP contribution < -0.4 is 5.56 Å². The van der Waals surface area contributed by atoms with E-state index in [-0.39, 0.29) is 11.6 Å². The summed E-state index contributed by atoms with van der Waals surface area (Å²) in [6, 6.07) is 14.4. The predicted molar refractivity (Wildman–Crippen MR) is 129 cm³/mol. The fraction of sp³-hybridized carbons (Fsp3) is 0.391. The molecule has 1 saturated heterocycles. The number of fused-ring (bicyclic) bond motifs is 1. The monoisotopic (exact) mass is 472 g/mol. The molecule has 0 spiro atoms. The van der Waals surface area contributed by atoms with E-state index < -0.39 is 10.0 Å². The molecule has 1 unspecified atom stereocenters. The number of hydrogen-bond donors (Lipinski definition) is 0. The highest BCUT2D eigenvalue weighted by Gasteiger charge is 2.31. The molecule has 2 aromatic carbocycles. The lowest BCUT2D eigenvalue weighted by Crippen LogP contribution is -2.49. The third-order valence-corrected chi connectivity index (χ3v) is 8.79. The lowest BCUT2D eigenvalue weighted by Gasteiger charge is -2.37. The molecular formula is C23H28N4O3S2. The van der Waals surface area contributed by atoms with Gasteiger partial charge in [0.15, 0.2) is 0 Å². The van der Waals surface area contributed by atoms with Gasteiger partial charge in [-0.1, -0.05) is 19.1 Å². The molecule has 7 nitrogen and oxygen atoms in total. The Balaban J connectivity index is 1.49. The maximum absolute atomic E-state index is 13.1. The summed E-state index contributed by atoms with van der Waals surface area (Å²) < 4.78 is 29.3. The number of aromatic nitrogens is 2. The Morgan fingerprint density at radius 2 is 1.69 bits per heavy atom. The van der Waals surface area contributed by atoms with Gasteiger partial charge in [0, 0.05) is 38.1 Å². The van der Waals surface area contributed by atoms with E-state index in [4.69, 9.17) is 4.98 Å². The Labute approximate surface area is 193 Å². The van der Waals surface area contributed by atoms with Crippen molar-refractivity contribution in [3.8, 4) is 0 Å². The quantitative estimate of drug-likeness (QED) is 0.513. The Bertz CT molecular complexity index is 1260. The predicted octanol–water partition coefficient (Wildman–Crippen LogP) is 3.11. The average molecular weight is 473 g/mol. The number of benzene rings is 2. The molecule has 0 radical (unpaired) electrons. The SMILES string of the molecule is CCSc1ccc(S(=O)(=O)N2CCN(C(C)c3nc4ccccc4c(=O)n3C)CC2)cc1. The van der Waals surface area contributed by atoms with E-state index in [1.165, 1.54) is 0 Å². The summed E-state index contributed by atoms with van der Waals surface area (Å²) in [7, 11) is -1.78. The summed E-state index contributed by atoms with van der Waals surface area (Å²) in [6.45, 7) is 6.05. The Morgan fingerprint density at radius 3 is 2.34 bits per heavy atom. The summed E-state index contributed by atoms with van der Waals surface area (Å²) in [5.41, 5.74) is 0.617. The second kappa shape index (κ2) is 9.35. The lowest BCUT2D eigenvalue weighted by atomic mass is 10.2. The van der Waals surface area contributed by atoms with Crippen molar-refractivity contribution in [2.24, 2.45) is 7.05 Å². The Kier molecular flexibility index (Phi) is 6.71. The van der Waals surface area contributed by atoms with Gasteiger partial charge >= 0.3 is 0 Å². The molecule has 0 amide bonds. The van der Waals surface area contributed by atoms with Crippen molar-refractivity contribution in [3.05, 3.63) is 64.7 Å². The molecule has 3 aromatic rings. The molecule has 9 heteroatoms. The molecule has 1 aliphatic heterocycles. The largest absolute Gasteiger partial charge is 0.298 e. The van der Waals surface area contributed by atoms with Crippen LogP contribution in [0, 0.1) is 0 Å². The van der Waals surface area contributed by atoms with E-state index in [9.17, 15) is 13.2 Å². The minimum absolute atomic E-state index is 0.0663. The maximum Gasteiger partial charge on any atom is 0.261 e. The van der Waals surface area contributed by atoms with E-state index in [1.807, 2.05) is 37.3 Å². The number of thioether (sulfide) groups is 1. The van der Waals surface area contributed by atoms with Crippen molar-refractivity contribution < 1.29 is 8.42 Å². The number of sulfonamides is 1. The highest BCUT2D eigenvalue weighted by Crippen LogP contribution is 2.25. The summed E-state index contributed by atoms with van der Waals surface area (Å²) in [4.78, 5) is 21.1. The molecule has 0 bridgehead atoms. The molecule has 1 fully saturated rings. The number of piperazine rings is 1. The van der Waals surface area contributed by atoms with Gasteiger partial charge < -0.3 is 0 Å². The molecular weight excluding hydrogens is 444 g/mol. The topological polar surface area (TPSA) is 75.5 Å². The van der Waals surface area contributed by atoms with Gasteiger partial charge in [-0.15, -0.1) is 11.8 Å². The highest BCUT2D eigenvalue weighted by molar-refractivity contribution is 7.99. The number of para-hydroxylation sites is 1. The van der Waals surface area contributed by atoms with E-state index >= 15 is 0 Å². The maximum atomic E-state index is 13.1. The first-order valence-corrected chi connectivity index (χ1v) is 13.2. The van der Waals surface area contributed by atoms with Crippen molar-refractivity contribution in [3.63, 3.8) is 0 Å². The van der Waals surface area contributed by atoms with Crippen molar-refractivity contribution in [2.45, 2.75) is 29.7 Å². The second-order valence-corrected chi connectivity index (χ2v) is 11.1. The fourth-order valence-electron chi connectivity index (χ4n) is 4.13. The van der Waals surface area contributed by atoms with Crippen molar-refractivity contribution in [1.29, 1.82) is 0 Å². The molecule has 0 aliphatic carbocycles. The molecule has 0 N–H and O–H groups in total. The molecule has 32 heavy (non-hydrogen) atoms. The minimum atomic E-state index is -3.52. The van der Waals surface area contributed by atoms with E-state index in [0.29, 0.717) is 47.8 Å². The van der Waals surface area contributed by atoms with Gasteiger partial charge in [0.2, 0.25) is 10.0 Å². The van der Waals surface area contributed by atoms with Gasteiger partial charge in [-0.3, -0.25) is 14.3 Å². The van der Waals surface area contributed by atoms with Gasteiger partial charge in [0.25, 0.3) is 5.56 Å². The summed E-state index contributed by atoms with van der Waals surface area (Å²) in [5.74, 6) is 1.64. The first-order chi connectivity index (χ1) is 15.3. The normalized spacial score (nSPS) is 17.0. The second-order valence-electron chi connectivity index (χ2n) is 7.87. The number of hydrogen-bond acceptors (Lipinski definition) is 6. The number of nitrogens with zero attached hydrogens (tertiary/aromatic N) is 4. The van der Waals surface area contributed by atoms with Gasteiger partial charge in [0.1, 0.15) is 5.82 Å². The zero-order valence-corrected chi connectivity index (χ0v) is 20.2. The van der Waals surface area contributed by atoms with Crippen molar-refractivity contribution in [1.82, 2.24) is 18.8 Å². The molecule has 1 aliphatic rings. The Hall–Kier alpha value is -2.20. The Morgan fingerprint density at radius 1 is 1.03 bits per heavy atom. The van der Waals surface area contributed by atoms with Gasteiger partial charge in [-0.2, -0.15) is 4.31 Å². The van der Waals surface area contributed by atoms with Gasteiger partial charge in [-0.05, 0) is 49.1 Å². The zero-order chi connectivity index (χ0) is 22.9. The minimum Gasteiger partial charge on any atom is -0.298 e. The van der Waals surface area contributed by atoms with Crippen LogP contribution in [0.25, 0.3) is 10.9 Å². The average Bonchev–Trinajstić information content (AvgIpc) is 2.81. The molecule has 4 rings (SSSR count). The van der Waals surface area contributed by atoms with Crippen LogP contribution in [0.5, 0.6) is 0 Å². The smallest absolute Gasteiger partial charge is 0.261 e. The van der Waals surface area contributed by atoms with E-state index in [1.54, 1.807) is 45.9 Å². The van der Waals surface area contributed by atoms with E-state index in [0.717, 1.165) is 10.6 Å². The van der Waals surface area contributed by atoms with Crippen LogP contribution in [-0.4, -0.2) is 59.1 Å². The van der Waals surface area contributed by atoms with Crippen LogP contribution in [0.3, 0.4) is 0 Å². The molecule has 1 atom stereocenters. The molecule has 0 saturated carbocycles. The van der Waals surface area contributed by atoms with Crippen LogP contribution in [-0.2, 0) is 17.1 Å². The van der Waals surface area contributed by atoms with Crippen LogP contribution in [0.1, 0.15) is 25.7 Å². The highest BCUT2D eigenvalue weighted by atomic mass is 32.2. The first kappa shape index (κ1) is 23.0. The third-order valence-electron chi connectivity index (χ3n) is 5.98. The van der Waals surface area contributed by atoms with Crippen LogP contribution >= 0.6 is 11.8 Å². The van der Waals surface area contributed by atoms with E-state index in [2.05, 4.69) is 11.8 Å². The molecule has 1 aromatic heterocycles. The summed E-state index contributed by atoms with van der Waals surface area (Å²) in [5, 5.41) is 0.602. The van der Waals surface area contributed by atoms with Gasteiger partial charge in [-0.25, -0.2) is 13.4 Å². The zero-order valence-electron chi connectivity index (χ0n) is 18.6. The van der Waals surface area contributed by atoms with Crippen LogP contribution in [0.15, 0.2) is 63.1 Å². The third kappa shape index (κ3) is 4.34. The fourth-order valence-corrected chi connectivity index (χ4v) is 6.21.